The fourth-order valence-electron chi connectivity index (χ4n) is 3.87. The summed E-state index contributed by atoms with van der Waals surface area (Å²) in [5, 5.41) is 0.572. The Balaban J connectivity index is 2.25. The predicted octanol–water partition coefficient (Wildman–Crippen LogP) is 5.35. The van der Waals surface area contributed by atoms with Crippen LogP contribution in [-0.4, -0.2) is 27.4 Å². The molecule has 0 spiro atoms. The van der Waals surface area contributed by atoms with Gasteiger partial charge in [0, 0.05) is 13.5 Å². The highest BCUT2D eigenvalue weighted by molar-refractivity contribution is 5.79. The molecule has 5 nitrogen and oxygen atoms in total. The van der Waals surface area contributed by atoms with E-state index in [1.54, 1.807) is 15.5 Å². The van der Waals surface area contributed by atoms with Gasteiger partial charge in [0.05, 0.1) is 22.6 Å². The summed E-state index contributed by atoms with van der Waals surface area (Å²) in [7, 11) is 1.81. The lowest BCUT2D eigenvalue weighted by atomic mass is 9.91. The molecule has 31 heavy (non-hydrogen) atoms. The van der Waals surface area contributed by atoms with Gasteiger partial charge in [-0.3, -0.25) is 14.2 Å². The molecule has 0 aliphatic heterocycles. The van der Waals surface area contributed by atoms with E-state index in [0.717, 1.165) is 16.8 Å². The standard InChI is InChI=1S/C26H33N3O2/c1-8-22(28(7)23(30)16-26(4,5)6)24-27-21-12-10-9-11-20(21)25(31)29(24)19-14-13-17(2)18(3)15-19/h9-15,22H,8,16H2,1-7H3. The highest BCUT2D eigenvalue weighted by Crippen LogP contribution is 2.28. The zero-order valence-electron chi connectivity index (χ0n) is 19.7. The van der Waals surface area contributed by atoms with E-state index in [4.69, 9.17) is 4.98 Å². The Bertz CT molecular complexity index is 1170. The molecule has 3 aromatic rings. The molecule has 2 aromatic carbocycles. The topological polar surface area (TPSA) is 55.2 Å². The summed E-state index contributed by atoms with van der Waals surface area (Å²) in [5.74, 6) is 0.646. The maximum Gasteiger partial charge on any atom is 0.266 e. The van der Waals surface area contributed by atoms with Gasteiger partial charge < -0.3 is 4.90 Å². The highest BCUT2D eigenvalue weighted by Gasteiger charge is 2.28. The van der Waals surface area contributed by atoms with Crippen molar-refractivity contribution in [2.45, 2.75) is 60.4 Å². The monoisotopic (exact) mass is 419 g/mol. The second-order valence-corrected chi connectivity index (χ2v) is 9.56. The van der Waals surface area contributed by atoms with Crippen LogP contribution in [0, 0.1) is 19.3 Å². The number of carbonyl (C=O) groups excluding carboxylic acids is 1. The van der Waals surface area contributed by atoms with Crippen molar-refractivity contribution in [2.24, 2.45) is 5.41 Å². The number of aromatic nitrogens is 2. The minimum absolute atomic E-state index is 0.0494. The summed E-state index contributed by atoms with van der Waals surface area (Å²) >= 11 is 0. The number of para-hydroxylation sites is 1. The minimum Gasteiger partial charge on any atom is -0.336 e. The molecule has 164 valence electrons. The lowest BCUT2D eigenvalue weighted by molar-refractivity contribution is -0.134. The summed E-state index contributed by atoms with van der Waals surface area (Å²) in [6, 6.07) is 13.1. The molecule has 0 N–H and O–H groups in total. The SMILES string of the molecule is CCC(c1nc2ccccc2c(=O)n1-c1ccc(C)c(C)c1)N(C)C(=O)CC(C)(C)C. The molecule has 1 unspecified atom stereocenters. The number of aryl methyl sites for hydroxylation is 2. The molecule has 0 fully saturated rings. The summed E-state index contributed by atoms with van der Waals surface area (Å²) in [6.45, 7) is 12.3. The third-order valence-corrected chi connectivity index (χ3v) is 5.78. The first-order valence-corrected chi connectivity index (χ1v) is 10.9. The highest BCUT2D eigenvalue weighted by atomic mass is 16.2. The number of hydrogen-bond acceptors (Lipinski definition) is 3. The second-order valence-electron chi connectivity index (χ2n) is 9.56. The third-order valence-electron chi connectivity index (χ3n) is 5.78. The van der Waals surface area contributed by atoms with Gasteiger partial charge in [-0.15, -0.1) is 0 Å². The van der Waals surface area contributed by atoms with Crippen molar-refractivity contribution in [1.82, 2.24) is 14.5 Å². The quantitative estimate of drug-likeness (QED) is 0.560. The van der Waals surface area contributed by atoms with E-state index in [0.29, 0.717) is 29.6 Å². The number of benzene rings is 2. The van der Waals surface area contributed by atoms with Gasteiger partial charge in [0.25, 0.3) is 5.56 Å². The van der Waals surface area contributed by atoms with Crippen molar-refractivity contribution < 1.29 is 4.79 Å². The summed E-state index contributed by atoms with van der Waals surface area (Å²) < 4.78 is 1.68. The van der Waals surface area contributed by atoms with Crippen molar-refractivity contribution in [3.05, 3.63) is 69.8 Å². The van der Waals surface area contributed by atoms with Crippen LogP contribution in [-0.2, 0) is 4.79 Å². The van der Waals surface area contributed by atoms with Crippen molar-refractivity contribution in [2.75, 3.05) is 7.05 Å². The first-order valence-electron chi connectivity index (χ1n) is 10.9. The van der Waals surface area contributed by atoms with E-state index in [1.165, 1.54) is 0 Å². The zero-order valence-corrected chi connectivity index (χ0v) is 19.7. The van der Waals surface area contributed by atoms with Gasteiger partial charge in [-0.2, -0.15) is 0 Å². The Morgan fingerprint density at radius 2 is 1.77 bits per heavy atom. The lowest BCUT2D eigenvalue weighted by Gasteiger charge is -2.31. The molecular weight excluding hydrogens is 386 g/mol. The van der Waals surface area contributed by atoms with Crippen LogP contribution in [0.25, 0.3) is 16.6 Å². The van der Waals surface area contributed by atoms with E-state index in [9.17, 15) is 9.59 Å². The van der Waals surface area contributed by atoms with Crippen LogP contribution in [0.3, 0.4) is 0 Å². The van der Waals surface area contributed by atoms with Gasteiger partial charge in [-0.1, -0.05) is 45.9 Å². The smallest absolute Gasteiger partial charge is 0.266 e. The fourth-order valence-corrected chi connectivity index (χ4v) is 3.87. The van der Waals surface area contributed by atoms with Gasteiger partial charge >= 0.3 is 0 Å². The molecule has 0 saturated heterocycles. The molecule has 1 atom stereocenters. The molecule has 3 rings (SSSR count). The summed E-state index contributed by atoms with van der Waals surface area (Å²) in [6.07, 6.45) is 1.09. The molecule has 5 heteroatoms. The van der Waals surface area contributed by atoms with Crippen molar-refractivity contribution >= 4 is 16.8 Å². The predicted molar refractivity (Wildman–Crippen MR) is 127 cm³/mol. The van der Waals surface area contributed by atoms with Crippen LogP contribution in [0.2, 0.25) is 0 Å². The number of amides is 1. The largest absolute Gasteiger partial charge is 0.336 e. The van der Waals surface area contributed by atoms with Crippen LogP contribution < -0.4 is 5.56 Å². The van der Waals surface area contributed by atoms with Gasteiger partial charge in [-0.05, 0) is 61.1 Å². The molecule has 1 aromatic heterocycles. The molecule has 0 aliphatic rings. The zero-order chi connectivity index (χ0) is 22.9. The van der Waals surface area contributed by atoms with Crippen LogP contribution in [0.1, 0.15) is 63.5 Å². The number of fused-ring (bicyclic) bond motifs is 1. The van der Waals surface area contributed by atoms with Crippen molar-refractivity contribution in [3.63, 3.8) is 0 Å². The van der Waals surface area contributed by atoms with Crippen LogP contribution >= 0.6 is 0 Å². The molecule has 1 heterocycles. The van der Waals surface area contributed by atoms with E-state index in [-0.39, 0.29) is 22.9 Å². The van der Waals surface area contributed by atoms with Gasteiger partial charge in [0.15, 0.2) is 0 Å². The van der Waals surface area contributed by atoms with Gasteiger partial charge in [0.2, 0.25) is 5.91 Å². The van der Waals surface area contributed by atoms with Crippen molar-refractivity contribution in [1.29, 1.82) is 0 Å². The molecule has 0 bridgehead atoms. The average Bonchev–Trinajstić information content (AvgIpc) is 2.70. The third kappa shape index (κ3) is 4.71. The average molecular weight is 420 g/mol. The van der Waals surface area contributed by atoms with E-state index in [1.807, 2.05) is 57.3 Å². The van der Waals surface area contributed by atoms with E-state index < -0.39 is 0 Å². The maximum atomic E-state index is 13.6. The molecule has 0 aliphatic carbocycles. The molecule has 1 amide bonds. The Morgan fingerprint density at radius 3 is 2.39 bits per heavy atom. The van der Waals surface area contributed by atoms with Crippen LogP contribution in [0.4, 0.5) is 0 Å². The number of hydrogen-bond donors (Lipinski definition) is 0. The van der Waals surface area contributed by atoms with E-state index in [2.05, 4.69) is 27.7 Å². The Kier molecular flexibility index (Phi) is 6.35. The Morgan fingerprint density at radius 1 is 1.10 bits per heavy atom. The lowest BCUT2D eigenvalue weighted by Crippen LogP contribution is -2.37. The Hall–Kier alpha value is -2.95. The summed E-state index contributed by atoms with van der Waals surface area (Å²) in [5.41, 5.74) is 3.47. The first kappa shape index (κ1) is 22.7. The normalized spacial score (nSPS) is 12.7. The van der Waals surface area contributed by atoms with Crippen molar-refractivity contribution in [3.8, 4) is 5.69 Å². The molecular formula is C26H33N3O2. The van der Waals surface area contributed by atoms with E-state index >= 15 is 0 Å². The summed E-state index contributed by atoms with van der Waals surface area (Å²) in [4.78, 5) is 33.3. The second kappa shape index (κ2) is 8.66. The fraction of sp³-hybridized carbons (Fsp3) is 0.423. The number of nitrogens with zero attached hydrogens (tertiary/aromatic N) is 3. The number of carbonyl (C=O) groups is 1. The van der Waals surface area contributed by atoms with Gasteiger partial charge in [0.1, 0.15) is 5.82 Å². The van der Waals surface area contributed by atoms with Gasteiger partial charge in [-0.25, -0.2) is 4.98 Å². The number of rotatable bonds is 5. The maximum absolute atomic E-state index is 13.6. The van der Waals surface area contributed by atoms with Crippen LogP contribution in [0.5, 0.6) is 0 Å². The minimum atomic E-state index is -0.311. The Labute approximate surface area is 184 Å². The molecule has 0 radical (unpaired) electrons. The molecule has 0 saturated carbocycles. The first-order chi connectivity index (χ1) is 14.5. The van der Waals surface area contributed by atoms with Crippen LogP contribution in [0.15, 0.2) is 47.3 Å².